The molecule has 0 aromatic heterocycles. The van der Waals surface area contributed by atoms with Crippen molar-refractivity contribution in [1.82, 2.24) is 0 Å². The van der Waals surface area contributed by atoms with E-state index in [1.165, 1.54) is 30.2 Å². The first-order valence-electron chi connectivity index (χ1n) is 7.13. The minimum absolute atomic E-state index is 0.0487. The highest BCUT2D eigenvalue weighted by atomic mass is 16.5. The van der Waals surface area contributed by atoms with Crippen LogP contribution in [-0.4, -0.2) is 36.7 Å². The van der Waals surface area contributed by atoms with E-state index in [0.29, 0.717) is 17.1 Å². The van der Waals surface area contributed by atoms with Gasteiger partial charge in [-0.25, -0.2) is 14.5 Å². The van der Waals surface area contributed by atoms with Gasteiger partial charge in [0.2, 0.25) is 0 Å². The average Bonchev–Trinajstić information content (AvgIpc) is 2.89. The van der Waals surface area contributed by atoms with Crippen molar-refractivity contribution in [2.45, 2.75) is 0 Å². The zero-order valence-electron chi connectivity index (χ0n) is 12.8. The molecule has 122 valence electrons. The molecule has 2 aromatic rings. The van der Waals surface area contributed by atoms with Crippen LogP contribution in [0.2, 0.25) is 0 Å². The lowest BCUT2D eigenvalue weighted by atomic mass is 10.2. The van der Waals surface area contributed by atoms with Crippen LogP contribution in [0.1, 0.15) is 10.4 Å². The van der Waals surface area contributed by atoms with E-state index in [1.54, 1.807) is 30.3 Å². The molecule has 3 amide bonds. The first-order valence-corrected chi connectivity index (χ1v) is 7.13. The number of carbonyl (C=O) groups excluding carboxylic acids is 2. The number of hydrogen-bond donors (Lipinski definition) is 1. The number of ether oxygens (including phenoxy) is 1. The van der Waals surface area contributed by atoms with Gasteiger partial charge >= 0.3 is 12.0 Å². The van der Waals surface area contributed by atoms with Crippen molar-refractivity contribution in [2.24, 2.45) is 0 Å². The lowest BCUT2D eigenvalue weighted by molar-refractivity contribution is -0.115. The Morgan fingerprint density at radius 2 is 1.79 bits per heavy atom. The van der Waals surface area contributed by atoms with Crippen LogP contribution in [0.4, 0.5) is 16.2 Å². The van der Waals surface area contributed by atoms with E-state index in [4.69, 9.17) is 9.84 Å². The number of carboxylic acid groups (broad SMARTS) is 1. The van der Waals surface area contributed by atoms with Gasteiger partial charge in [-0.1, -0.05) is 12.1 Å². The topological polar surface area (TPSA) is 87.2 Å². The van der Waals surface area contributed by atoms with Crippen LogP contribution in [0.25, 0.3) is 0 Å². The number of rotatable bonds is 4. The molecule has 0 bridgehead atoms. The van der Waals surface area contributed by atoms with E-state index in [1.807, 2.05) is 0 Å². The Kier molecular flexibility index (Phi) is 3.91. The number of carbonyl (C=O) groups is 3. The van der Waals surface area contributed by atoms with Gasteiger partial charge in [0.25, 0.3) is 5.91 Å². The van der Waals surface area contributed by atoms with Gasteiger partial charge in [0, 0.05) is 11.8 Å². The van der Waals surface area contributed by atoms with Crippen molar-refractivity contribution in [3.63, 3.8) is 0 Å². The molecule has 1 N–H and O–H groups in total. The minimum atomic E-state index is -1.10. The summed E-state index contributed by atoms with van der Waals surface area (Å²) in [5.74, 6) is -0.965. The molecule has 0 unspecified atom stereocenters. The highest BCUT2D eigenvalue weighted by molar-refractivity contribution is 6.27. The molecule has 3 rings (SSSR count). The summed E-state index contributed by atoms with van der Waals surface area (Å²) in [6.45, 7) is -0.154. The molecular formula is C17H14N2O5. The van der Waals surface area contributed by atoms with Crippen molar-refractivity contribution >= 4 is 29.3 Å². The maximum Gasteiger partial charge on any atom is 0.336 e. The molecule has 0 spiro atoms. The van der Waals surface area contributed by atoms with E-state index in [0.717, 1.165) is 4.90 Å². The van der Waals surface area contributed by atoms with E-state index in [9.17, 15) is 14.4 Å². The van der Waals surface area contributed by atoms with Gasteiger partial charge in [-0.2, -0.15) is 0 Å². The molecule has 1 heterocycles. The zero-order chi connectivity index (χ0) is 17.3. The van der Waals surface area contributed by atoms with Gasteiger partial charge in [-0.3, -0.25) is 9.69 Å². The fourth-order valence-electron chi connectivity index (χ4n) is 2.51. The molecule has 1 aliphatic rings. The lowest BCUT2D eigenvalue weighted by Gasteiger charge is -2.18. The summed E-state index contributed by atoms with van der Waals surface area (Å²) in [6, 6.07) is 12.0. The fraction of sp³-hybridized carbons (Fsp3) is 0.118. The quantitative estimate of drug-likeness (QED) is 0.872. The average molecular weight is 326 g/mol. The van der Waals surface area contributed by atoms with Crippen LogP contribution in [0.15, 0.2) is 48.5 Å². The van der Waals surface area contributed by atoms with Crippen molar-refractivity contribution in [2.75, 3.05) is 23.5 Å². The van der Waals surface area contributed by atoms with Gasteiger partial charge in [-0.15, -0.1) is 0 Å². The summed E-state index contributed by atoms with van der Waals surface area (Å²) in [7, 11) is 1.50. The molecule has 24 heavy (non-hydrogen) atoms. The molecule has 0 radical (unpaired) electrons. The van der Waals surface area contributed by atoms with Crippen LogP contribution in [0, 0.1) is 0 Å². The lowest BCUT2D eigenvalue weighted by Crippen LogP contribution is -2.33. The Morgan fingerprint density at radius 3 is 2.50 bits per heavy atom. The van der Waals surface area contributed by atoms with Gasteiger partial charge in [0.15, 0.2) is 0 Å². The fourth-order valence-corrected chi connectivity index (χ4v) is 2.51. The highest BCUT2D eigenvalue weighted by Crippen LogP contribution is 2.28. The molecule has 7 heteroatoms. The molecule has 0 saturated carbocycles. The number of benzene rings is 2. The van der Waals surface area contributed by atoms with Crippen LogP contribution in [-0.2, 0) is 4.79 Å². The summed E-state index contributed by atoms with van der Waals surface area (Å²) in [6.07, 6.45) is 0. The van der Waals surface area contributed by atoms with Crippen LogP contribution >= 0.6 is 0 Å². The number of amides is 3. The number of urea groups is 1. The smallest absolute Gasteiger partial charge is 0.336 e. The standard InChI is InChI=1S/C17H14N2O5/c1-24-14-7-3-6-13(9-14)19-15(20)10-18(17(19)23)12-5-2-4-11(8-12)16(21)22/h2-9H,10H2,1H3,(H,21,22). The SMILES string of the molecule is COc1cccc(N2C(=O)CN(c3cccc(C(=O)O)c3)C2=O)c1. The second-order valence-electron chi connectivity index (χ2n) is 5.15. The molecule has 1 aliphatic heterocycles. The van der Waals surface area contributed by atoms with Crippen molar-refractivity contribution in [1.29, 1.82) is 0 Å². The highest BCUT2D eigenvalue weighted by Gasteiger charge is 2.38. The first-order chi connectivity index (χ1) is 11.5. The second-order valence-corrected chi connectivity index (χ2v) is 5.15. The van der Waals surface area contributed by atoms with Gasteiger partial charge in [0.05, 0.1) is 18.4 Å². The Bertz CT molecular complexity index is 833. The van der Waals surface area contributed by atoms with E-state index in [-0.39, 0.29) is 12.1 Å². The third-order valence-corrected chi connectivity index (χ3v) is 3.68. The Hall–Kier alpha value is -3.35. The predicted octanol–water partition coefficient (Wildman–Crippen LogP) is 2.37. The van der Waals surface area contributed by atoms with Gasteiger partial charge in [-0.05, 0) is 30.3 Å². The second kappa shape index (κ2) is 6.04. The normalized spacial score (nSPS) is 14.2. The summed E-state index contributed by atoms with van der Waals surface area (Å²) in [5.41, 5.74) is 0.812. The zero-order valence-corrected chi connectivity index (χ0v) is 12.8. The summed E-state index contributed by atoms with van der Waals surface area (Å²) in [5, 5.41) is 9.06. The largest absolute Gasteiger partial charge is 0.497 e. The van der Waals surface area contributed by atoms with Crippen LogP contribution in [0.5, 0.6) is 5.75 Å². The molecule has 7 nitrogen and oxygen atoms in total. The number of carboxylic acids is 1. The number of hydrogen-bond acceptors (Lipinski definition) is 4. The summed E-state index contributed by atoms with van der Waals surface area (Å²) < 4.78 is 5.11. The first kappa shape index (κ1) is 15.5. The molecule has 0 atom stereocenters. The number of nitrogens with zero attached hydrogens (tertiary/aromatic N) is 2. The van der Waals surface area contributed by atoms with E-state index < -0.39 is 17.9 Å². The van der Waals surface area contributed by atoms with Crippen LogP contribution < -0.4 is 14.5 Å². The Balaban J connectivity index is 1.94. The molecule has 0 aliphatic carbocycles. The summed E-state index contributed by atoms with van der Waals surface area (Å²) in [4.78, 5) is 38.3. The Labute approximate surface area is 137 Å². The third kappa shape index (κ3) is 2.67. The number of imide groups is 1. The number of anilines is 2. The number of methoxy groups -OCH3 is 1. The molecule has 2 aromatic carbocycles. The van der Waals surface area contributed by atoms with E-state index in [2.05, 4.69) is 0 Å². The predicted molar refractivity (Wildman–Crippen MR) is 86.6 cm³/mol. The molecular weight excluding hydrogens is 312 g/mol. The van der Waals surface area contributed by atoms with Crippen molar-refractivity contribution in [3.05, 3.63) is 54.1 Å². The number of aromatic carboxylic acids is 1. The van der Waals surface area contributed by atoms with Crippen LogP contribution in [0.3, 0.4) is 0 Å². The maximum atomic E-state index is 12.6. The van der Waals surface area contributed by atoms with Crippen molar-refractivity contribution < 1.29 is 24.2 Å². The third-order valence-electron chi connectivity index (χ3n) is 3.68. The van der Waals surface area contributed by atoms with Gasteiger partial charge in [0.1, 0.15) is 12.3 Å². The van der Waals surface area contributed by atoms with Crippen molar-refractivity contribution in [3.8, 4) is 5.75 Å². The van der Waals surface area contributed by atoms with E-state index >= 15 is 0 Å². The van der Waals surface area contributed by atoms with Gasteiger partial charge < -0.3 is 9.84 Å². The minimum Gasteiger partial charge on any atom is -0.497 e. The summed E-state index contributed by atoms with van der Waals surface area (Å²) >= 11 is 0. The monoisotopic (exact) mass is 326 g/mol. The maximum absolute atomic E-state index is 12.6. The Morgan fingerprint density at radius 1 is 1.08 bits per heavy atom. The molecule has 1 saturated heterocycles. The molecule has 1 fully saturated rings.